The highest BCUT2D eigenvalue weighted by Gasteiger charge is 2.26. The number of benzene rings is 1. The zero-order valence-corrected chi connectivity index (χ0v) is 21.1. The van der Waals surface area contributed by atoms with Crippen LogP contribution in [0.1, 0.15) is 12.1 Å². The van der Waals surface area contributed by atoms with Gasteiger partial charge in [-0.15, -0.1) is 0 Å². The SMILES string of the molecule is CN(C)CCOc1cc(C=C2SC(=O)NC2=O)nc(N2CCCN(C(=O)Nc3ccccc3)CC2)n1. The normalized spacial score (nSPS) is 17.4. The average Bonchev–Trinajstić information content (AvgIpc) is 3.02. The van der Waals surface area contributed by atoms with Gasteiger partial charge in [-0.05, 0) is 50.5 Å². The number of ether oxygens (including phenoxy) is 1. The van der Waals surface area contributed by atoms with Gasteiger partial charge in [0.25, 0.3) is 11.1 Å². The van der Waals surface area contributed by atoms with Gasteiger partial charge in [0.15, 0.2) is 0 Å². The van der Waals surface area contributed by atoms with Crippen LogP contribution in [0.25, 0.3) is 6.08 Å². The van der Waals surface area contributed by atoms with Gasteiger partial charge in [0, 0.05) is 44.5 Å². The molecule has 0 radical (unpaired) electrons. The minimum absolute atomic E-state index is 0.149. The van der Waals surface area contributed by atoms with Gasteiger partial charge in [-0.2, -0.15) is 4.98 Å². The molecule has 0 atom stereocenters. The van der Waals surface area contributed by atoms with Crippen molar-refractivity contribution in [3.8, 4) is 5.88 Å². The van der Waals surface area contributed by atoms with Crippen molar-refractivity contribution in [2.24, 2.45) is 0 Å². The van der Waals surface area contributed by atoms with Crippen LogP contribution < -0.4 is 20.3 Å². The lowest BCUT2D eigenvalue weighted by Gasteiger charge is -2.23. The molecular formula is C24H29N7O4S. The molecule has 4 rings (SSSR count). The third-order valence-corrected chi connectivity index (χ3v) is 6.32. The Morgan fingerprint density at radius 2 is 1.97 bits per heavy atom. The number of nitrogens with zero attached hydrogens (tertiary/aromatic N) is 5. The van der Waals surface area contributed by atoms with Gasteiger partial charge in [-0.25, -0.2) is 9.78 Å². The van der Waals surface area contributed by atoms with Crippen LogP contribution in [0.15, 0.2) is 41.3 Å². The number of carbonyl (C=O) groups excluding carboxylic acids is 3. The summed E-state index contributed by atoms with van der Waals surface area (Å²) in [6, 6.07) is 10.9. The van der Waals surface area contributed by atoms with E-state index >= 15 is 0 Å². The van der Waals surface area contributed by atoms with Crippen LogP contribution in [0.3, 0.4) is 0 Å². The Morgan fingerprint density at radius 3 is 2.69 bits per heavy atom. The average molecular weight is 512 g/mol. The Balaban J connectivity index is 1.50. The molecule has 4 amide bonds. The van der Waals surface area contributed by atoms with E-state index in [0.717, 1.165) is 23.9 Å². The van der Waals surface area contributed by atoms with E-state index in [2.05, 4.69) is 20.6 Å². The topological polar surface area (TPSA) is 120 Å². The number of amides is 4. The Hall–Kier alpha value is -3.64. The number of imide groups is 1. The van der Waals surface area contributed by atoms with Crippen molar-refractivity contribution in [3.63, 3.8) is 0 Å². The summed E-state index contributed by atoms with van der Waals surface area (Å²) in [5.41, 5.74) is 1.22. The van der Waals surface area contributed by atoms with Gasteiger partial charge >= 0.3 is 6.03 Å². The second kappa shape index (κ2) is 11.9. The number of likely N-dealkylation sites (N-methyl/N-ethyl adjacent to an activating group) is 1. The highest BCUT2D eigenvalue weighted by molar-refractivity contribution is 8.18. The summed E-state index contributed by atoms with van der Waals surface area (Å²) in [7, 11) is 3.91. The molecule has 190 valence electrons. The van der Waals surface area contributed by atoms with Crippen LogP contribution in [-0.2, 0) is 4.79 Å². The maximum Gasteiger partial charge on any atom is 0.321 e. The number of rotatable bonds is 7. The third-order valence-electron chi connectivity index (χ3n) is 5.51. The summed E-state index contributed by atoms with van der Waals surface area (Å²) in [5, 5.41) is 4.77. The molecule has 2 fully saturated rings. The lowest BCUT2D eigenvalue weighted by atomic mass is 10.3. The lowest BCUT2D eigenvalue weighted by molar-refractivity contribution is -0.115. The van der Waals surface area contributed by atoms with Crippen LogP contribution in [0.5, 0.6) is 5.88 Å². The summed E-state index contributed by atoms with van der Waals surface area (Å²) in [6.45, 7) is 3.42. The molecule has 2 saturated heterocycles. The van der Waals surface area contributed by atoms with Crippen LogP contribution in [0.4, 0.5) is 21.2 Å². The number of carbonyl (C=O) groups is 3. The predicted molar refractivity (Wildman–Crippen MR) is 139 cm³/mol. The predicted octanol–water partition coefficient (Wildman–Crippen LogP) is 2.49. The molecular weight excluding hydrogens is 482 g/mol. The van der Waals surface area contributed by atoms with E-state index < -0.39 is 11.1 Å². The molecule has 3 heterocycles. The number of hydrogen-bond donors (Lipinski definition) is 2. The maximum absolute atomic E-state index is 12.8. The molecule has 2 N–H and O–H groups in total. The molecule has 36 heavy (non-hydrogen) atoms. The summed E-state index contributed by atoms with van der Waals surface area (Å²) >= 11 is 0.834. The monoisotopic (exact) mass is 511 g/mol. The zero-order valence-electron chi connectivity index (χ0n) is 20.3. The highest BCUT2D eigenvalue weighted by atomic mass is 32.2. The minimum Gasteiger partial charge on any atom is -0.476 e. The number of hydrogen-bond acceptors (Lipinski definition) is 9. The molecule has 2 aromatic rings. The molecule has 2 aliphatic heterocycles. The first kappa shape index (κ1) is 25.5. The second-order valence-corrected chi connectivity index (χ2v) is 9.57. The molecule has 0 unspecified atom stereocenters. The van der Waals surface area contributed by atoms with Crippen molar-refractivity contribution in [3.05, 3.63) is 47.0 Å². The Bertz CT molecular complexity index is 1140. The molecule has 0 spiro atoms. The number of nitrogens with one attached hydrogen (secondary N) is 2. The molecule has 1 aromatic heterocycles. The number of para-hydroxylation sites is 1. The Labute approximate surface area is 213 Å². The van der Waals surface area contributed by atoms with Crippen molar-refractivity contribution in [1.82, 2.24) is 25.1 Å². The molecule has 0 saturated carbocycles. The fourth-order valence-electron chi connectivity index (χ4n) is 3.65. The summed E-state index contributed by atoms with van der Waals surface area (Å²) in [4.78, 5) is 51.6. The van der Waals surface area contributed by atoms with Crippen molar-refractivity contribution < 1.29 is 19.1 Å². The van der Waals surface area contributed by atoms with Gasteiger partial charge < -0.3 is 24.8 Å². The molecule has 11 nitrogen and oxygen atoms in total. The van der Waals surface area contributed by atoms with E-state index in [9.17, 15) is 14.4 Å². The van der Waals surface area contributed by atoms with Crippen LogP contribution in [-0.4, -0.2) is 90.4 Å². The van der Waals surface area contributed by atoms with Gasteiger partial charge in [0.2, 0.25) is 11.8 Å². The van der Waals surface area contributed by atoms with Crippen molar-refractivity contribution in [2.75, 3.05) is 63.6 Å². The molecule has 12 heteroatoms. The van der Waals surface area contributed by atoms with Crippen molar-refractivity contribution >= 4 is 46.7 Å². The lowest BCUT2D eigenvalue weighted by Crippen LogP contribution is -2.38. The van der Waals surface area contributed by atoms with Gasteiger partial charge in [-0.1, -0.05) is 18.2 Å². The van der Waals surface area contributed by atoms with Gasteiger partial charge in [0.1, 0.15) is 6.61 Å². The smallest absolute Gasteiger partial charge is 0.321 e. The van der Waals surface area contributed by atoms with E-state index in [1.54, 1.807) is 17.0 Å². The van der Waals surface area contributed by atoms with E-state index in [0.29, 0.717) is 56.9 Å². The van der Waals surface area contributed by atoms with E-state index in [4.69, 9.17) is 4.74 Å². The summed E-state index contributed by atoms with van der Waals surface area (Å²) in [6.07, 6.45) is 2.30. The molecule has 0 bridgehead atoms. The third kappa shape index (κ3) is 6.95. The molecule has 0 aliphatic carbocycles. The van der Waals surface area contributed by atoms with Crippen molar-refractivity contribution in [2.45, 2.75) is 6.42 Å². The molecule has 2 aliphatic rings. The standard InChI is InChI=1S/C24H29N7O4S/c1-29(2)13-14-35-20-16-18(15-19-21(32)28-24(34)36-19)25-22(27-20)30-9-6-10-31(12-11-30)23(33)26-17-7-4-3-5-8-17/h3-5,7-8,15-16H,6,9-14H2,1-2H3,(H,26,33)(H,28,32,34). The molecule has 1 aromatic carbocycles. The number of thioether (sulfide) groups is 1. The first-order valence-electron chi connectivity index (χ1n) is 11.6. The highest BCUT2D eigenvalue weighted by Crippen LogP contribution is 2.27. The first-order valence-corrected chi connectivity index (χ1v) is 12.5. The minimum atomic E-state index is -0.449. The largest absolute Gasteiger partial charge is 0.476 e. The number of anilines is 2. The Kier molecular flexibility index (Phi) is 8.39. The van der Waals surface area contributed by atoms with E-state index in [1.807, 2.05) is 54.2 Å². The fraction of sp³-hybridized carbons (Fsp3) is 0.375. The van der Waals surface area contributed by atoms with Crippen LogP contribution >= 0.6 is 11.8 Å². The fourth-order valence-corrected chi connectivity index (χ4v) is 4.32. The number of aromatic nitrogens is 2. The van der Waals surface area contributed by atoms with Crippen LogP contribution in [0.2, 0.25) is 0 Å². The van der Waals surface area contributed by atoms with Gasteiger partial charge in [-0.3, -0.25) is 14.9 Å². The number of urea groups is 1. The van der Waals surface area contributed by atoms with Crippen LogP contribution in [0, 0.1) is 0 Å². The maximum atomic E-state index is 12.8. The summed E-state index contributed by atoms with van der Waals surface area (Å²) < 4.78 is 5.86. The van der Waals surface area contributed by atoms with E-state index in [1.165, 1.54) is 0 Å². The Morgan fingerprint density at radius 1 is 1.17 bits per heavy atom. The second-order valence-electron chi connectivity index (χ2n) is 8.56. The van der Waals surface area contributed by atoms with Gasteiger partial charge in [0.05, 0.1) is 10.6 Å². The van der Waals surface area contributed by atoms with E-state index in [-0.39, 0.29) is 10.9 Å². The summed E-state index contributed by atoms with van der Waals surface area (Å²) in [5.74, 6) is 0.380. The van der Waals surface area contributed by atoms with Crippen molar-refractivity contribution in [1.29, 1.82) is 0 Å². The quantitative estimate of drug-likeness (QED) is 0.540. The first-order chi connectivity index (χ1) is 17.4. The zero-order chi connectivity index (χ0) is 25.5.